The summed E-state index contributed by atoms with van der Waals surface area (Å²) in [5.74, 6) is 1.39. The van der Waals surface area contributed by atoms with E-state index in [0.29, 0.717) is 12.5 Å². The van der Waals surface area contributed by atoms with Crippen molar-refractivity contribution in [3.63, 3.8) is 0 Å². The SMILES string of the molecule is CCCCN1Cn2c(-c3ccc(C4CCCC4)cc3)cnc2C1=O. The Kier molecular flexibility index (Phi) is 4.13. The van der Waals surface area contributed by atoms with Gasteiger partial charge in [0.15, 0.2) is 0 Å². The number of hydrogen-bond acceptors (Lipinski definition) is 2. The molecule has 2 aliphatic rings. The van der Waals surface area contributed by atoms with E-state index in [1.54, 1.807) is 0 Å². The van der Waals surface area contributed by atoms with Gasteiger partial charge in [-0.05, 0) is 36.3 Å². The molecule has 1 aromatic carbocycles. The van der Waals surface area contributed by atoms with Gasteiger partial charge in [-0.1, -0.05) is 50.5 Å². The summed E-state index contributed by atoms with van der Waals surface area (Å²) in [6.07, 6.45) is 9.35. The van der Waals surface area contributed by atoms with Crippen molar-refractivity contribution in [3.8, 4) is 11.3 Å². The summed E-state index contributed by atoms with van der Waals surface area (Å²) in [6.45, 7) is 3.60. The molecule has 4 nitrogen and oxygen atoms in total. The van der Waals surface area contributed by atoms with Gasteiger partial charge in [0, 0.05) is 6.54 Å². The molecule has 0 radical (unpaired) electrons. The summed E-state index contributed by atoms with van der Waals surface area (Å²) in [7, 11) is 0. The number of rotatable bonds is 5. The van der Waals surface area contributed by atoms with Crippen molar-refractivity contribution < 1.29 is 4.79 Å². The number of fused-ring (bicyclic) bond motifs is 1. The molecule has 1 aromatic heterocycles. The van der Waals surface area contributed by atoms with E-state index in [1.807, 2.05) is 11.1 Å². The van der Waals surface area contributed by atoms with E-state index in [0.717, 1.165) is 36.6 Å². The van der Waals surface area contributed by atoms with Gasteiger partial charge in [0.25, 0.3) is 5.91 Å². The predicted molar refractivity (Wildman–Crippen MR) is 94.8 cm³/mol. The van der Waals surface area contributed by atoms with Gasteiger partial charge in [-0.25, -0.2) is 4.98 Å². The number of aromatic nitrogens is 2. The Morgan fingerprint density at radius 3 is 2.62 bits per heavy atom. The zero-order valence-corrected chi connectivity index (χ0v) is 14.4. The average Bonchev–Trinajstić information content (AvgIpc) is 3.32. The quantitative estimate of drug-likeness (QED) is 0.817. The Morgan fingerprint density at radius 1 is 1.17 bits per heavy atom. The number of hydrogen-bond donors (Lipinski definition) is 0. The molecule has 0 N–H and O–H groups in total. The van der Waals surface area contributed by atoms with Crippen molar-refractivity contribution in [2.45, 2.75) is 58.0 Å². The van der Waals surface area contributed by atoms with Gasteiger partial charge in [-0.3, -0.25) is 4.79 Å². The monoisotopic (exact) mass is 323 g/mol. The van der Waals surface area contributed by atoms with Crippen molar-refractivity contribution in [1.82, 2.24) is 14.5 Å². The maximum atomic E-state index is 12.4. The summed E-state index contributed by atoms with van der Waals surface area (Å²) < 4.78 is 2.06. The number of carbonyl (C=O) groups is 1. The molecule has 4 heteroatoms. The van der Waals surface area contributed by atoms with Crippen LogP contribution < -0.4 is 0 Å². The highest BCUT2D eigenvalue weighted by Crippen LogP contribution is 2.35. The molecule has 0 unspecified atom stereocenters. The maximum Gasteiger partial charge on any atom is 0.291 e. The first-order valence-electron chi connectivity index (χ1n) is 9.23. The molecule has 0 bridgehead atoms. The lowest BCUT2D eigenvalue weighted by Gasteiger charge is -2.15. The summed E-state index contributed by atoms with van der Waals surface area (Å²) in [6, 6.07) is 8.90. The first-order valence-corrected chi connectivity index (χ1v) is 9.23. The Labute approximate surface area is 143 Å². The fourth-order valence-corrected chi connectivity index (χ4v) is 4.00. The summed E-state index contributed by atoms with van der Waals surface area (Å²) in [4.78, 5) is 18.7. The topological polar surface area (TPSA) is 38.1 Å². The lowest BCUT2D eigenvalue weighted by molar-refractivity contribution is 0.0764. The second-order valence-electron chi connectivity index (χ2n) is 7.06. The van der Waals surface area contributed by atoms with Crippen LogP contribution in [0.5, 0.6) is 0 Å². The van der Waals surface area contributed by atoms with E-state index < -0.39 is 0 Å². The second kappa shape index (κ2) is 6.42. The molecular formula is C20H25N3O. The predicted octanol–water partition coefficient (Wildman–Crippen LogP) is 4.42. The minimum atomic E-state index is 0.0669. The third-order valence-corrected chi connectivity index (χ3v) is 5.46. The Balaban J connectivity index is 1.56. The number of amides is 1. The van der Waals surface area contributed by atoms with E-state index in [4.69, 9.17) is 0 Å². The average molecular weight is 323 g/mol. The first kappa shape index (κ1) is 15.4. The van der Waals surface area contributed by atoms with Crippen molar-refractivity contribution in [2.75, 3.05) is 6.54 Å². The lowest BCUT2D eigenvalue weighted by Crippen LogP contribution is -2.25. The van der Waals surface area contributed by atoms with E-state index in [9.17, 15) is 4.79 Å². The number of carbonyl (C=O) groups excluding carboxylic acids is 1. The Hall–Kier alpha value is -2.10. The van der Waals surface area contributed by atoms with Crippen LogP contribution in [0.15, 0.2) is 30.5 Å². The van der Waals surface area contributed by atoms with Crippen molar-refractivity contribution >= 4 is 5.91 Å². The van der Waals surface area contributed by atoms with Crippen molar-refractivity contribution in [3.05, 3.63) is 41.9 Å². The summed E-state index contributed by atoms with van der Waals surface area (Å²) >= 11 is 0. The van der Waals surface area contributed by atoms with Gasteiger partial charge < -0.3 is 9.47 Å². The standard InChI is InChI=1S/C20H25N3O/c1-2-3-12-22-14-23-18(13-21-19(23)20(22)24)17-10-8-16(9-11-17)15-6-4-5-7-15/h8-11,13,15H,2-7,12,14H2,1H3. The summed E-state index contributed by atoms with van der Waals surface area (Å²) in [5, 5.41) is 0. The first-order chi connectivity index (χ1) is 11.8. The third-order valence-electron chi connectivity index (χ3n) is 5.46. The maximum absolute atomic E-state index is 12.4. The number of unbranched alkanes of at least 4 members (excludes halogenated alkanes) is 1. The lowest BCUT2D eigenvalue weighted by atomic mass is 9.96. The molecule has 24 heavy (non-hydrogen) atoms. The molecule has 126 valence electrons. The molecule has 1 aliphatic heterocycles. The highest BCUT2D eigenvalue weighted by Gasteiger charge is 2.30. The molecule has 2 aromatic rings. The number of imidazole rings is 1. The van der Waals surface area contributed by atoms with Crippen LogP contribution in [0.1, 0.15) is 67.5 Å². The van der Waals surface area contributed by atoms with Gasteiger partial charge in [-0.2, -0.15) is 0 Å². The van der Waals surface area contributed by atoms with Crippen LogP contribution >= 0.6 is 0 Å². The molecular weight excluding hydrogens is 298 g/mol. The number of nitrogens with zero attached hydrogens (tertiary/aromatic N) is 3. The van der Waals surface area contributed by atoms with E-state index in [-0.39, 0.29) is 5.91 Å². The van der Waals surface area contributed by atoms with Gasteiger partial charge in [0.1, 0.15) is 0 Å². The van der Waals surface area contributed by atoms with Gasteiger partial charge in [0.2, 0.25) is 5.82 Å². The van der Waals surface area contributed by atoms with Crippen LogP contribution in [0.25, 0.3) is 11.3 Å². The van der Waals surface area contributed by atoms with Crippen LogP contribution in [-0.4, -0.2) is 26.9 Å². The van der Waals surface area contributed by atoms with Crippen LogP contribution in [0, 0.1) is 0 Å². The highest BCUT2D eigenvalue weighted by atomic mass is 16.2. The molecule has 0 saturated heterocycles. The van der Waals surface area contributed by atoms with Crippen LogP contribution in [-0.2, 0) is 6.67 Å². The normalized spacial score (nSPS) is 17.7. The van der Waals surface area contributed by atoms with E-state index in [2.05, 4.69) is 40.7 Å². The highest BCUT2D eigenvalue weighted by molar-refractivity contribution is 5.93. The zero-order valence-electron chi connectivity index (χ0n) is 14.4. The largest absolute Gasteiger partial charge is 0.318 e. The van der Waals surface area contributed by atoms with E-state index in [1.165, 1.54) is 31.2 Å². The Bertz CT molecular complexity index is 726. The molecule has 0 atom stereocenters. The van der Waals surface area contributed by atoms with Crippen LogP contribution in [0.2, 0.25) is 0 Å². The summed E-state index contributed by atoms with van der Waals surface area (Å²) in [5.41, 5.74) is 3.66. The Morgan fingerprint density at radius 2 is 1.92 bits per heavy atom. The molecule has 4 rings (SSSR count). The zero-order chi connectivity index (χ0) is 16.5. The van der Waals surface area contributed by atoms with Gasteiger partial charge >= 0.3 is 0 Å². The van der Waals surface area contributed by atoms with Gasteiger partial charge in [-0.15, -0.1) is 0 Å². The fourth-order valence-electron chi connectivity index (χ4n) is 4.00. The van der Waals surface area contributed by atoms with Crippen LogP contribution in [0.3, 0.4) is 0 Å². The van der Waals surface area contributed by atoms with Crippen LogP contribution in [0.4, 0.5) is 0 Å². The molecule has 0 spiro atoms. The van der Waals surface area contributed by atoms with E-state index >= 15 is 0 Å². The third kappa shape index (κ3) is 2.64. The minimum absolute atomic E-state index is 0.0669. The second-order valence-corrected chi connectivity index (χ2v) is 7.06. The van der Waals surface area contributed by atoms with Gasteiger partial charge in [0.05, 0.1) is 18.6 Å². The fraction of sp³-hybridized carbons (Fsp3) is 0.500. The molecule has 2 heterocycles. The van der Waals surface area contributed by atoms with Crippen molar-refractivity contribution in [2.24, 2.45) is 0 Å². The molecule has 1 amide bonds. The smallest absolute Gasteiger partial charge is 0.291 e. The minimum Gasteiger partial charge on any atom is -0.318 e. The molecule has 1 fully saturated rings. The number of benzene rings is 1. The molecule has 1 aliphatic carbocycles. The molecule has 1 saturated carbocycles. The van der Waals surface area contributed by atoms with Crippen molar-refractivity contribution in [1.29, 1.82) is 0 Å².